The number of halogens is 1. The van der Waals surface area contributed by atoms with Crippen LogP contribution < -0.4 is 10.1 Å². The minimum atomic E-state index is 0.900. The summed E-state index contributed by atoms with van der Waals surface area (Å²) >= 11 is 2.28. The highest BCUT2D eigenvalue weighted by Gasteiger charge is 2.00. The van der Waals surface area contributed by atoms with Gasteiger partial charge in [0.1, 0.15) is 5.75 Å². The molecule has 0 saturated carbocycles. The number of benzene rings is 1. The first-order valence-electron chi connectivity index (χ1n) is 3.85. The average Bonchev–Trinajstić information content (AvgIpc) is 2.05. The van der Waals surface area contributed by atoms with Crippen LogP contribution in [0.5, 0.6) is 5.75 Å². The summed E-state index contributed by atoms with van der Waals surface area (Å²) in [6, 6.07) is 6.07. The standard InChI is InChI=1S/C9H12INO/c1-3-11-8-6-7(10)4-5-9(8)12-2/h4-6,11H,3H2,1-2H3. The Morgan fingerprint density at radius 3 is 2.83 bits per heavy atom. The molecule has 3 heteroatoms. The van der Waals surface area contributed by atoms with E-state index in [2.05, 4.69) is 40.9 Å². The number of ether oxygens (including phenoxy) is 1. The van der Waals surface area contributed by atoms with E-state index in [4.69, 9.17) is 4.74 Å². The van der Waals surface area contributed by atoms with Crippen molar-refractivity contribution in [2.45, 2.75) is 6.92 Å². The highest BCUT2D eigenvalue weighted by atomic mass is 127. The lowest BCUT2D eigenvalue weighted by Gasteiger charge is -2.09. The van der Waals surface area contributed by atoms with E-state index in [0.717, 1.165) is 18.0 Å². The molecule has 12 heavy (non-hydrogen) atoms. The van der Waals surface area contributed by atoms with E-state index in [1.165, 1.54) is 3.57 Å². The molecule has 0 aliphatic rings. The summed E-state index contributed by atoms with van der Waals surface area (Å²) in [6.07, 6.45) is 0. The first-order chi connectivity index (χ1) is 5.77. The molecule has 0 aliphatic heterocycles. The number of nitrogens with one attached hydrogen (secondary N) is 1. The lowest BCUT2D eigenvalue weighted by molar-refractivity contribution is 0.416. The Hall–Kier alpha value is -0.450. The minimum Gasteiger partial charge on any atom is -0.495 e. The van der Waals surface area contributed by atoms with Crippen LogP contribution in [-0.4, -0.2) is 13.7 Å². The minimum absolute atomic E-state index is 0.900. The Bertz CT molecular complexity index is 263. The van der Waals surface area contributed by atoms with Crippen LogP contribution in [-0.2, 0) is 0 Å². The fraction of sp³-hybridized carbons (Fsp3) is 0.333. The molecule has 0 spiro atoms. The summed E-state index contributed by atoms with van der Waals surface area (Å²) in [6.45, 7) is 2.98. The molecule has 0 atom stereocenters. The Morgan fingerprint density at radius 2 is 2.25 bits per heavy atom. The van der Waals surface area contributed by atoms with Gasteiger partial charge < -0.3 is 10.1 Å². The average molecular weight is 277 g/mol. The van der Waals surface area contributed by atoms with Crippen molar-refractivity contribution in [3.63, 3.8) is 0 Å². The summed E-state index contributed by atoms with van der Waals surface area (Å²) in [7, 11) is 1.68. The van der Waals surface area contributed by atoms with E-state index in [1.54, 1.807) is 7.11 Å². The van der Waals surface area contributed by atoms with Crippen molar-refractivity contribution in [1.82, 2.24) is 0 Å². The summed E-state index contributed by atoms with van der Waals surface area (Å²) in [5, 5.41) is 3.24. The first-order valence-corrected chi connectivity index (χ1v) is 4.93. The fourth-order valence-electron chi connectivity index (χ4n) is 1.01. The van der Waals surface area contributed by atoms with Gasteiger partial charge in [-0.15, -0.1) is 0 Å². The number of rotatable bonds is 3. The number of hydrogen-bond acceptors (Lipinski definition) is 2. The smallest absolute Gasteiger partial charge is 0.142 e. The maximum atomic E-state index is 5.19. The predicted octanol–water partition coefficient (Wildman–Crippen LogP) is 2.73. The zero-order valence-corrected chi connectivity index (χ0v) is 9.38. The summed E-state index contributed by atoms with van der Waals surface area (Å²) in [4.78, 5) is 0. The van der Waals surface area contributed by atoms with Gasteiger partial charge in [0.15, 0.2) is 0 Å². The molecule has 0 saturated heterocycles. The normalized spacial score (nSPS) is 9.58. The molecule has 66 valence electrons. The van der Waals surface area contributed by atoms with Crippen molar-refractivity contribution in [1.29, 1.82) is 0 Å². The monoisotopic (exact) mass is 277 g/mol. The molecule has 0 aliphatic carbocycles. The maximum Gasteiger partial charge on any atom is 0.142 e. The third kappa shape index (κ3) is 2.27. The van der Waals surface area contributed by atoms with E-state index < -0.39 is 0 Å². The van der Waals surface area contributed by atoms with Crippen LogP contribution in [0.3, 0.4) is 0 Å². The van der Waals surface area contributed by atoms with Crippen LogP contribution in [0.25, 0.3) is 0 Å². The highest BCUT2D eigenvalue weighted by molar-refractivity contribution is 14.1. The van der Waals surface area contributed by atoms with E-state index in [0.29, 0.717) is 0 Å². The van der Waals surface area contributed by atoms with Crippen LogP contribution >= 0.6 is 22.6 Å². The summed E-state index contributed by atoms with van der Waals surface area (Å²) in [5.41, 5.74) is 1.06. The van der Waals surface area contributed by atoms with Crippen molar-refractivity contribution in [2.24, 2.45) is 0 Å². The second kappa shape index (κ2) is 4.54. The van der Waals surface area contributed by atoms with Crippen molar-refractivity contribution in [3.05, 3.63) is 21.8 Å². The van der Waals surface area contributed by atoms with Gasteiger partial charge in [-0.25, -0.2) is 0 Å². The maximum absolute atomic E-state index is 5.19. The van der Waals surface area contributed by atoms with Gasteiger partial charge in [-0.2, -0.15) is 0 Å². The number of anilines is 1. The van der Waals surface area contributed by atoms with Crippen molar-refractivity contribution in [3.8, 4) is 5.75 Å². The summed E-state index contributed by atoms with van der Waals surface area (Å²) < 4.78 is 6.40. The quantitative estimate of drug-likeness (QED) is 0.858. The number of methoxy groups -OCH3 is 1. The van der Waals surface area contributed by atoms with Gasteiger partial charge in [0, 0.05) is 10.1 Å². The van der Waals surface area contributed by atoms with Gasteiger partial charge in [-0.1, -0.05) is 0 Å². The summed E-state index contributed by atoms with van der Waals surface area (Å²) in [5.74, 6) is 0.900. The highest BCUT2D eigenvalue weighted by Crippen LogP contribution is 2.25. The largest absolute Gasteiger partial charge is 0.495 e. The van der Waals surface area contributed by atoms with Gasteiger partial charge in [0.2, 0.25) is 0 Å². The molecule has 1 rings (SSSR count). The predicted molar refractivity (Wildman–Crippen MR) is 59.9 cm³/mol. The molecule has 0 heterocycles. The van der Waals surface area contributed by atoms with E-state index in [9.17, 15) is 0 Å². The topological polar surface area (TPSA) is 21.3 Å². The second-order valence-electron chi connectivity index (χ2n) is 2.37. The molecule has 0 fully saturated rings. The van der Waals surface area contributed by atoms with Gasteiger partial charge in [0.25, 0.3) is 0 Å². The third-order valence-corrected chi connectivity index (χ3v) is 2.20. The van der Waals surface area contributed by atoms with Crippen molar-refractivity contribution >= 4 is 28.3 Å². The lowest BCUT2D eigenvalue weighted by atomic mass is 10.3. The van der Waals surface area contributed by atoms with Gasteiger partial charge in [0.05, 0.1) is 12.8 Å². The molecule has 0 aromatic heterocycles. The Kier molecular flexibility index (Phi) is 3.65. The van der Waals surface area contributed by atoms with E-state index in [1.807, 2.05) is 12.1 Å². The SMILES string of the molecule is CCNc1cc(I)ccc1OC. The molecule has 1 N–H and O–H groups in total. The molecular weight excluding hydrogens is 265 g/mol. The van der Waals surface area contributed by atoms with Crippen LogP contribution in [0, 0.1) is 3.57 Å². The van der Waals surface area contributed by atoms with Gasteiger partial charge >= 0.3 is 0 Å². The molecule has 0 amide bonds. The zero-order chi connectivity index (χ0) is 8.97. The Morgan fingerprint density at radius 1 is 1.50 bits per heavy atom. The van der Waals surface area contributed by atoms with Crippen molar-refractivity contribution < 1.29 is 4.74 Å². The molecule has 1 aromatic rings. The van der Waals surface area contributed by atoms with Crippen LogP contribution in [0.2, 0.25) is 0 Å². The molecule has 0 bridgehead atoms. The van der Waals surface area contributed by atoms with Crippen LogP contribution in [0.15, 0.2) is 18.2 Å². The molecule has 1 aromatic carbocycles. The lowest BCUT2D eigenvalue weighted by Crippen LogP contribution is -1.99. The second-order valence-corrected chi connectivity index (χ2v) is 3.62. The van der Waals surface area contributed by atoms with Crippen LogP contribution in [0.1, 0.15) is 6.92 Å². The van der Waals surface area contributed by atoms with Crippen LogP contribution in [0.4, 0.5) is 5.69 Å². The first kappa shape index (κ1) is 9.64. The molecular formula is C9H12INO. The third-order valence-electron chi connectivity index (χ3n) is 1.53. The zero-order valence-electron chi connectivity index (χ0n) is 7.23. The van der Waals surface area contributed by atoms with E-state index in [-0.39, 0.29) is 0 Å². The Balaban J connectivity index is 2.95. The van der Waals surface area contributed by atoms with Gasteiger partial charge in [-0.3, -0.25) is 0 Å². The molecule has 0 unspecified atom stereocenters. The van der Waals surface area contributed by atoms with E-state index >= 15 is 0 Å². The molecule has 0 radical (unpaired) electrons. The number of hydrogen-bond donors (Lipinski definition) is 1. The fourth-order valence-corrected chi connectivity index (χ4v) is 1.50. The Labute approximate surface area is 86.5 Å². The molecule has 2 nitrogen and oxygen atoms in total. The van der Waals surface area contributed by atoms with Crippen molar-refractivity contribution in [2.75, 3.05) is 19.0 Å². The van der Waals surface area contributed by atoms with Gasteiger partial charge in [-0.05, 0) is 47.7 Å².